The van der Waals surface area contributed by atoms with E-state index in [0.717, 1.165) is 38.5 Å². The maximum Gasteiger partial charge on any atom is 0.472 e. The molecule has 0 aliphatic heterocycles. The van der Waals surface area contributed by atoms with E-state index in [2.05, 4.69) is 13.8 Å². The highest BCUT2D eigenvalue weighted by Crippen LogP contribution is 2.43. The van der Waals surface area contributed by atoms with Crippen LogP contribution in [0.4, 0.5) is 0 Å². The number of phosphoric acid groups is 1. The second kappa shape index (κ2) is 33.9. The second-order valence-corrected chi connectivity index (χ2v) is 14.3. The molecule has 0 aliphatic carbocycles. The van der Waals surface area contributed by atoms with Gasteiger partial charge in [0.2, 0.25) is 0 Å². The van der Waals surface area contributed by atoms with Crippen LogP contribution in [-0.4, -0.2) is 49.3 Å². The van der Waals surface area contributed by atoms with E-state index in [0.29, 0.717) is 6.42 Å². The maximum atomic E-state index is 12.5. The largest absolute Gasteiger partial charge is 0.472 e. The van der Waals surface area contributed by atoms with Gasteiger partial charge in [-0.15, -0.1) is 0 Å². The van der Waals surface area contributed by atoms with Crippen LogP contribution in [0, 0.1) is 0 Å². The molecule has 0 fully saturated rings. The van der Waals surface area contributed by atoms with Gasteiger partial charge in [-0.1, -0.05) is 162 Å². The highest BCUT2D eigenvalue weighted by molar-refractivity contribution is 7.47. The topological polar surface area (TPSA) is 134 Å². The predicted molar refractivity (Wildman–Crippen MR) is 188 cm³/mol. The number of carbonyl (C=O) groups is 2. The van der Waals surface area contributed by atoms with Crippen LogP contribution in [0.1, 0.15) is 187 Å². The van der Waals surface area contributed by atoms with Gasteiger partial charge in [0.25, 0.3) is 0 Å². The first-order chi connectivity index (χ1) is 22.3. The molecule has 3 N–H and O–H groups in total. The third kappa shape index (κ3) is 32.9. The van der Waals surface area contributed by atoms with Crippen molar-refractivity contribution in [1.29, 1.82) is 0 Å². The Morgan fingerprint density at radius 2 is 0.935 bits per heavy atom. The Balaban J connectivity index is 4.02. The van der Waals surface area contributed by atoms with Crippen molar-refractivity contribution in [3.05, 3.63) is 0 Å². The van der Waals surface area contributed by atoms with Gasteiger partial charge < -0.3 is 20.1 Å². The average Bonchev–Trinajstić information content (AvgIpc) is 3.04. The summed E-state index contributed by atoms with van der Waals surface area (Å²) in [6, 6.07) is 0. The van der Waals surface area contributed by atoms with Crippen LogP contribution in [0.15, 0.2) is 0 Å². The summed E-state index contributed by atoms with van der Waals surface area (Å²) in [6.07, 6.45) is 30.2. The van der Waals surface area contributed by atoms with Crippen molar-refractivity contribution >= 4 is 19.8 Å². The molecule has 0 aliphatic rings. The fraction of sp³-hybridized carbons (Fsp3) is 0.944. The lowest BCUT2D eigenvalue weighted by Gasteiger charge is -2.19. The van der Waals surface area contributed by atoms with E-state index in [4.69, 9.17) is 24.3 Å². The molecular formula is C36H72NO8P. The molecule has 0 bridgehead atoms. The summed E-state index contributed by atoms with van der Waals surface area (Å²) in [7, 11) is -4.35. The number of esters is 2. The standard InChI is InChI=1S/C36H72NO8P/c1-3-5-7-9-11-12-13-14-15-16-17-18-19-20-21-22-23-25-27-29-36(39)45-34(33-44-46(40,41)43-31-30-37)32-42-35(38)28-26-24-10-8-6-4-2/h34H,3-33,37H2,1-2H3,(H,40,41). The summed E-state index contributed by atoms with van der Waals surface area (Å²) in [6.45, 7) is 3.68. The number of unbranched alkanes of at least 4 members (excludes halogenated alkanes) is 23. The molecule has 0 spiro atoms. The number of hydrogen-bond acceptors (Lipinski definition) is 8. The van der Waals surface area contributed by atoms with E-state index >= 15 is 0 Å². The summed E-state index contributed by atoms with van der Waals surface area (Å²) >= 11 is 0. The van der Waals surface area contributed by atoms with Gasteiger partial charge in [-0.2, -0.15) is 0 Å². The average molecular weight is 678 g/mol. The lowest BCUT2D eigenvalue weighted by atomic mass is 10.0. The van der Waals surface area contributed by atoms with E-state index in [1.807, 2.05) is 0 Å². The number of nitrogens with two attached hydrogens (primary N) is 1. The first-order valence-corrected chi connectivity index (χ1v) is 20.5. The lowest BCUT2D eigenvalue weighted by molar-refractivity contribution is -0.161. The maximum absolute atomic E-state index is 12.5. The van der Waals surface area contributed by atoms with E-state index in [9.17, 15) is 19.0 Å². The van der Waals surface area contributed by atoms with E-state index < -0.39 is 26.5 Å². The number of hydrogen-bond donors (Lipinski definition) is 2. The van der Waals surface area contributed by atoms with Crippen LogP contribution >= 0.6 is 7.82 Å². The quantitative estimate of drug-likeness (QED) is 0.0377. The molecule has 0 aromatic rings. The van der Waals surface area contributed by atoms with Crippen LogP contribution < -0.4 is 5.73 Å². The Labute approximate surface area is 282 Å². The summed E-state index contributed by atoms with van der Waals surface area (Å²) in [5.41, 5.74) is 5.31. The molecule has 2 atom stereocenters. The zero-order valence-electron chi connectivity index (χ0n) is 29.8. The van der Waals surface area contributed by atoms with Crippen LogP contribution in [0.5, 0.6) is 0 Å². The van der Waals surface area contributed by atoms with Crippen molar-refractivity contribution in [3.8, 4) is 0 Å². The Hall–Kier alpha value is -0.990. The third-order valence-corrected chi connectivity index (χ3v) is 9.23. The third-order valence-electron chi connectivity index (χ3n) is 8.24. The van der Waals surface area contributed by atoms with Gasteiger partial charge in [0.05, 0.1) is 13.2 Å². The molecule has 0 amide bonds. The minimum Gasteiger partial charge on any atom is -0.462 e. The smallest absolute Gasteiger partial charge is 0.462 e. The van der Waals surface area contributed by atoms with Crippen LogP contribution in [0.3, 0.4) is 0 Å². The Kier molecular flexibility index (Phi) is 33.2. The highest BCUT2D eigenvalue weighted by atomic mass is 31.2. The fourth-order valence-corrected chi connectivity index (χ4v) is 6.16. The van der Waals surface area contributed by atoms with E-state index in [1.165, 1.54) is 116 Å². The fourth-order valence-electron chi connectivity index (χ4n) is 5.40. The molecule has 0 radical (unpaired) electrons. The molecule has 0 heterocycles. The highest BCUT2D eigenvalue weighted by Gasteiger charge is 2.25. The summed E-state index contributed by atoms with van der Waals surface area (Å²) in [5, 5.41) is 0. The van der Waals surface area contributed by atoms with Gasteiger partial charge in [0.1, 0.15) is 6.61 Å². The monoisotopic (exact) mass is 677 g/mol. The van der Waals surface area contributed by atoms with Crippen LogP contribution in [-0.2, 0) is 32.7 Å². The van der Waals surface area contributed by atoms with Gasteiger partial charge in [0, 0.05) is 19.4 Å². The molecule has 274 valence electrons. The lowest BCUT2D eigenvalue weighted by Crippen LogP contribution is -2.29. The van der Waals surface area contributed by atoms with Gasteiger partial charge in [0.15, 0.2) is 6.10 Å². The first-order valence-electron chi connectivity index (χ1n) is 19.0. The van der Waals surface area contributed by atoms with Crippen molar-refractivity contribution in [3.63, 3.8) is 0 Å². The number of rotatable bonds is 36. The molecule has 0 rings (SSSR count). The molecular weight excluding hydrogens is 605 g/mol. The normalized spacial score (nSPS) is 13.4. The van der Waals surface area contributed by atoms with Crippen molar-refractivity contribution in [2.75, 3.05) is 26.4 Å². The number of ether oxygens (including phenoxy) is 2. The van der Waals surface area contributed by atoms with Crippen molar-refractivity contribution < 1.29 is 37.6 Å². The van der Waals surface area contributed by atoms with Crippen molar-refractivity contribution in [2.45, 2.75) is 193 Å². The van der Waals surface area contributed by atoms with Gasteiger partial charge in [-0.05, 0) is 12.8 Å². The van der Waals surface area contributed by atoms with E-state index in [1.54, 1.807) is 0 Å². The first kappa shape index (κ1) is 45.0. The molecule has 0 saturated heterocycles. The minimum atomic E-state index is -4.35. The molecule has 2 unspecified atom stereocenters. The van der Waals surface area contributed by atoms with E-state index in [-0.39, 0.29) is 38.6 Å². The molecule has 0 aromatic carbocycles. The molecule has 10 heteroatoms. The zero-order valence-corrected chi connectivity index (χ0v) is 30.7. The molecule has 0 saturated carbocycles. The Morgan fingerprint density at radius 3 is 1.33 bits per heavy atom. The molecule has 9 nitrogen and oxygen atoms in total. The molecule has 0 aromatic heterocycles. The predicted octanol–water partition coefficient (Wildman–Crippen LogP) is 10.1. The van der Waals surface area contributed by atoms with Gasteiger partial charge >= 0.3 is 19.8 Å². The minimum absolute atomic E-state index is 0.0574. The second-order valence-electron chi connectivity index (χ2n) is 12.8. The Morgan fingerprint density at radius 1 is 0.565 bits per heavy atom. The van der Waals surface area contributed by atoms with Crippen molar-refractivity contribution in [1.82, 2.24) is 0 Å². The molecule has 46 heavy (non-hydrogen) atoms. The zero-order chi connectivity index (χ0) is 34.0. The summed E-state index contributed by atoms with van der Waals surface area (Å²) in [5.74, 6) is -0.829. The number of phosphoric ester groups is 1. The SMILES string of the molecule is CCCCCCCCCCCCCCCCCCCCCC(=O)OC(COC(=O)CCCCCCCC)COP(=O)(O)OCCN. The summed E-state index contributed by atoms with van der Waals surface area (Å²) < 4.78 is 32.5. The van der Waals surface area contributed by atoms with Gasteiger partial charge in [-0.3, -0.25) is 18.6 Å². The van der Waals surface area contributed by atoms with Gasteiger partial charge in [-0.25, -0.2) is 4.57 Å². The van der Waals surface area contributed by atoms with Crippen molar-refractivity contribution in [2.24, 2.45) is 5.73 Å². The Bertz CT molecular complexity index is 739. The van der Waals surface area contributed by atoms with Crippen LogP contribution in [0.25, 0.3) is 0 Å². The summed E-state index contributed by atoms with van der Waals surface area (Å²) in [4.78, 5) is 34.5. The number of carbonyl (C=O) groups excluding carboxylic acids is 2. The van der Waals surface area contributed by atoms with Crippen LogP contribution in [0.2, 0.25) is 0 Å².